The Morgan fingerprint density at radius 1 is 1.17 bits per heavy atom. The highest BCUT2D eigenvalue weighted by Gasteiger charge is 2.29. The summed E-state index contributed by atoms with van der Waals surface area (Å²) in [6.07, 6.45) is 5.53. The van der Waals surface area contributed by atoms with Crippen LogP contribution in [-0.4, -0.2) is 28.8 Å². The van der Waals surface area contributed by atoms with Crippen LogP contribution in [0.5, 0.6) is 0 Å². The van der Waals surface area contributed by atoms with Crippen molar-refractivity contribution in [2.24, 2.45) is 0 Å². The van der Waals surface area contributed by atoms with E-state index in [0.717, 1.165) is 18.4 Å². The third-order valence-electron chi connectivity index (χ3n) is 4.86. The fourth-order valence-electron chi connectivity index (χ4n) is 3.38. The van der Waals surface area contributed by atoms with E-state index < -0.39 is 0 Å². The fraction of sp³-hybridized carbons (Fsp3) is 0.600. The number of nitrogens with one attached hydrogen (secondary N) is 1. The summed E-state index contributed by atoms with van der Waals surface area (Å²) in [4.78, 5) is 26.9. The topological polar surface area (TPSA) is 49.4 Å². The van der Waals surface area contributed by atoms with E-state index in [1.54, 1.807) is 4.90 Å². The minimum Gasteiger partial charge on any atom is -0.352 e. The van der Waals surface area contributed by atoms with Crippen molar-refractivity contribution in [1.82, 2.24) is 10.2 Å². The maximum absolute atomic E-state index is 12.7. The summed E-state index contributed by atoms with van der Waals surface area (Å²) in [7, 11) is 0. The molecule has 132 valence electrons. The monoisotopic (exact) mass is 330 g/mol. The minimum atomic E-state index is -0.389. The van der Waals surface area contributed by atoms with E-state index in [1.807, 2.05) is 45.0 Å². The van der Waals surface area contributed by atoms with Crippen LogP contribution in [0.1, 0.15) is 63.5 Å². The van der Waals surface area contributed by atoms with Gasteiger partial charge in [0, 0.05) is 19.0 Å². The first-order chi connectivity index (χ1) is 11.5. The minimum absolute atomic E-state index is 0.00156. The summed E-state index contributed by atoms with van der Waals surface area (Å²) < 4.78 is 0. The van der Waals surface area contributed by atoms with Gasteiger partial charge in [-0.05, 0) is 31.7 Å². The van der Waals surface area contributed by atoms with Crippen molar-refractivity contribution < 1.29 is 9.59 Å². The van der Waals surface area contributed by atoms with Crippen molar-refractivity contribution in [3.05, 3.63) is 35.4 Å². The molecule has 1 aromatic rings. The first-order valence-corrected chi connectivity index (χ1v) is 9.20. The predicted octanol–water partition coefficient (Wildman–Crippen LogP) is 3.57. The second-order valence-electron chi connectivity index (χ2n) is 6.77. The number of hydrogen-bond donors (Lipinski definition) is 1. The lowest BCUT2D eigenvalue weighted by Crippen LogP contribution is -2.50. The van der Waals surface area contributed by atoms with Crippen LogP contribution < -0.4 is 5.32 Å². The molecular formula is C20H30N2O2. The molecular weight excluding hydrogens is 300 g/mol. The molecule has 0 aliphatic heterocycles. The van der Waals surface area contributed by atoms with Gasteiger partial charge in [0.05, 0.1) is 0 Å². The van der Waals surface area contributed by atoms with Crippen molar-refractivity contribution in [2.45, 2.75) is 77.9 Å². The van der Waals surface area contributed by atoms with E-state index in [1.165, 1.54) is 18.4 Å². The second-order valence-corrected chi connectivity index (χ2v) is 6.77. The van der Waals surface area contributed by atoms with Crippen molar-refractivity contribution in [1.29, 1.82) is 0 Å². The molecule has 1 saturated carbocycles. The first kappa shape index (κ1) is 18.5. The van der Waals surface area contributed by atoms with Crippen LogP contribution >= 0.6 is 0 Å². The lowest BCUT2D eigenvalue weighted by molar-refractivity contribution is -0.141. The molecule has 0 saturated heterocycles. The van der Waals surface area contributed by atoms with Gasteiger partial charge in [0.2, 0.25) is 11.8 Å². The maximum atomic E-state index is 12.7. The summed E-state index contributed by atoms with van der Waals surface area (Å²) in [5, 5.41) is 3.15. The molecule has 0 spiro atoms. The molecule has 1 aliphatic rings. The van der Waals surface area contributed by atoms with E-state index in [2.05, 4.69) is 5.32 Å². The highest BCUT2D eigenvalue weighted by atomic mass is 16.2. The Kier molecular flexibility index (Phi) is 6.83. The van der Waals surface area contributed by atoms with E-state index in [0.29, 0.717) is 19.4 Å². The summed E-state index contributed by atoms with van der Waals surface area (Å²) in [5.41, 5.74) is 2.26. The normalized spacial score (nSPS) is 16.0. The van der Waals surface area contributed by atoms with Gasteiger partial charge >= 0.3 is 0 Å². The number of benzene rings is 1. The van der Waals surface area contributed by atoms with Crippen molar-refractivity contribution >= 4 is 11.8 Å². The zero-order valence-corrected chi connectivity index (χ0v) is 15.2. The number of aryl methyl sites for hydroxylation is 1. The Morgan fingerprint density at radius 3 is 2.33 bits per heavy atom. The van der Waals surface area contributed by atoms with Gasteiger partial charge < -0.3 is 10.2 Å². The third kappa shape index (κ3) is 4.83. The van der Waals surface area contributed by atoms with Crippen molar-refractivity contribution in [3.8, 4) is 0 Å². The smallest absolute Gasteiger partial charge is 0.243 e. The van der Waals surface area contributed by atoms with Crippen LogP contribution in [0.25, 0.3) is 0 Å². The molecule has 1 fully saturated rings. The molecule has 4 nitrogen and oxygen atoms in total. The van der Waals surface area contributed by atoms with Gasteiger partial charge in [0.1, 0.15) is 6.04 Å². The average Bonchev–Trinajstić information content (AvgIpc) is 3.08. The first-order valence-electron chi connectivity index (χ1n) is 9.20. The summed E-state index contributed by atoms with van der Waals surface area (Å²) in [6.45, 7) is 6.36. The zero-order chi connectivity index (χ0) is 17.5. The Hall–Kier alpha value is -1.84. The number of carbonyl (C=O) groups excluding carboxylic acids is 2. The van der Waals surface area contributed by atoms with Crippen molar-refractivity contribution in [3.63, 3.8) is 0 Å². The van der Waals surface area contributed by atoms with E-state index >= 15 is 0 Å². The maximum Gasteiger partial charge on any atom is 0.243 e. The van der Waals surface area contributed by atoms with E-state index in [-0.39, 0.29) is 23.9 Å². The van der Waals surface area contributed by atoms with Gasteiger partial charge in [0.25, 0.3) is 0 Å². The summed E-state index contributed by atoms with van der Waals surface area (Å²) in [5.74, 6) is 0.0299. The molecule has 1 aliphatic carbocycles. The van der Waals surface area contributed by atoms with Crippen LogP contribution in [0.4, 0.5) is 0 Å². The van der Waals surface area contributed by atoms with Crippen LogP contribution in [0.15, 0.2) is 24.3 Å². The largest absolute Gasteiger partial charge is 0.352 e. The molecule has 0 radical (unpaired) electrons. The number of nitrogens with zero attached hydrogens (tertiary/aromatic N) is 1. The molecule has 2 amide bonds. The molecule has 1 N–H and O–H groups in total. The Morgan fingerprint density at radius 2 is 1.79 bits per heavy atom. The lowest BCUT2D eigenvalue weighted by Gasteiger charge is -2.31. The molecule has 0 aromatic heterocycles. The van der Waals surface area contributed by atoms with Gasteiger partial charge in [-0.3, -0.25) is 9.59 Å². The fourth-order valence-corrected chi connectivity index (χ4v) is 3.38. The van der Waals surface area contributed by atoms with Gasteiger partial charge in [-0.1, -0.05) is 56.5 Å². The molecule has 1 aromatic carbocycles. The summed E-state index contributed by atoms with van der Waals surface area (Å²) in [6, 6.07) is 8.05. The summed E-state index contributed by atoms with van der Waals surface area (Å²) >= 11 is 0. The Bertz CT molecular complexity index is 547. The van der Waals surface area contributed by atoms with Gasteiger partial charge in [0.15, 0.2) is 0 Å². The van der Waals surface area contributed by atoms with Crippen molar-refractivity contribution in [2.75, 3.05) is 0 Å². The number of hydrogen-bond acceptors (Lipinski definition) is 2. The zero-order valence-electron chi connectivity index (χ0n) is 15.2. The molecule has 2 rings (SSSR count). The predicted molar refractivity (Wildman–Crippen MR) is 96.5 cm³/mol. The van der Waals surface area contributed by atoms with Crippen LogP contribution in [0, 0.1) is 6.92 Å². The third-order valence-corrected chi connectivity index (χ3v) is 4.86. The lowest BCUT2D eigenvalue weighted by atomic mass is 10.1. The van der Waals surface area contributed by atoms with Gasteiger partial charge in [-0.15, -0.1) is 0 Å². The molecule has 1 unspecified atom stereocenters. The van der Waals surface area contributed by atoms with E-state index in [9.17, 15) is 9.59 Å². The molecule has 0 bridgehead atoms. The highest BCUT2D eigenvalue weighted by molar-refractivity contribution is 5.87. The van der Waals surface area contributed by atoms with Gasteiger partial charge in [-0.25, -0.2) is 0 Å². The van der Waals surface area contributed by atoms with Crippen LogP contribution in [0.3, 0.4) is 0 Å². The molecule has 4 heteroatoms. The van der Waals surface area contributed by atoms with Crippen LogP contribution in [0.2, 0.25) is 0 Å². The number of amides is 2. The van der Waals surface area contributed by atoms with Crippen LogP contribution in [-0.2, 0) is 16.1 Å². The number of carbonyl (C=O) groups is 2. The van der Waals surface area contributed by atoms with Gasteiger partial charge in [-0.2, -0.15) is 0 Å². The quantitative estimate of drug-likeness (QED) is 0.831. The Labute approximate surface area is 145 Å². The molecule has 0 heterocycles. The second kappa shape index (κ2) is 8.86. The SMILES string of the molecule is CCC(=O)N(Cc1ccc(C)cc1)C(CC)C(=O)NC1CCCC1. The average molecular weight is 330 g/mol. The Balaban J connectivity index is 2.11. The standard InChI is InChI=1S/C20H30N2O2/c1-4-18(20(24)21-17-8-6-7-9-17)22(19(23)5-2)14-16-12-10-15(3)11-13-16/h10-13,17-18H,4-9,14H2,1-3H3,(H,21,24). The molecule has 1 atom stereocenters. The molecule has 24 heavy (non-hydrogen) atoms. The van der Waals surface area contributed by atoms with E-state index in [4.69, 9.17) is 0 Å². The highest BCUT2D eigenvalue weighted by Crippen LogP contribution is 2.19. The number of rotatable bonds is 7.